The molecule has 15 heavy (non-hydrogen) atoms. The van der Waals surface area contributed by atoms with Gasteiger partial charge in [0.15, 0.2) is 11.2 Å². The third-order valence-corrected chi connectivity index (χ3v) is 2.23. The second kappa shape index (κ2) is 3.38. The van der Waals surface area contributed by atoms with Crippen molar-refractivity contribution >= 4 is 17.1 Å². The maximum atomic E-state index is 11.7. The number of nitrogens with zero attached hydrogens (tertiary/aromatic N) is 3. The van der Waals surface area contributed by atoms with Gasteiger partial charge < -0.3 is 9.88 Å². The molecule has 2 aromatic heterocycles. The summed E-state index contributed by atoms with van der Waals surface area (Å²) in [6.07, 6.45) is 1.64. The van der Waals surface area contributed by atoms with Crippen LogP contribution in [0.5, 0.6) is 0 Å². The van der Waals surface area contributed by atoms with Gasteiger partial charge in [-0.1, -0.05) is 0 Å². The highest BCUT2D eigenvalue weighted by Gasteiger charge is 2.11. The van der Waals surface area contributed by atoms with Crippen molar-refractivity contribution in [2.24, 2.45) is 0 Å². The monoisotopic (exact) mass is 207 g/mol. The molecule has 0 aromatic carbocycles. The molecule has 6 nitrogen and oxygen atoms in total. The molecular weight excluding hydrogens is 194 g/mol. The summed E-state index contributed by atoms with van der Waals surface area (Å²) in [5, 5.41) is 2.78. The summed E-state index contributed by atoms with van der Waals surface area (Å²) < 4.78 is 1.81. The van der Waals surface area contributed by atoms with Gasteiger partial charge in [0, 0.05) is 13.1 Å². The molecule has 0 saturated heterocycles. The predicted octanol–water partition coefficient (Wildman–Crippen LogP) is 0.742. The van der Waals surface area contributed by atoms with E-state index in [-0.39, 0.29) is 11.6 Å². The molecule has 2 N–H and O–H groups in total. The minimum atomic E-state index is -0.171. The minimum Gasteiger partial charge on any atom is -0.359 e. The second-order valence-electron chi connectivity index (χ2n) is 3.58. The van der Waals surface area contributed by atoms with Crippen LogP contribution < -0.4 is 10.9 Å². The SMILES string of the molecule is CNc1nc2ncn(C(C)C)c2c(=O)[nH]1. The Hall–Kier alpha value is -1.85. The van der Waals surface area contributed by atoms with Crippen LogP contribution in [0, 0.1) is 0 Å². The normalized spacial score (nSPS) is 11.2. The van der Waals surface area contributed by atoms with Crippen LogP contribution >= 0.6 is 0 Å². The van der Waals surface area contributed by atoms with Gasteiger partial charge in [0.2, 0.25) is 5.95 Å². The second-order valence-corrected chi connectivity index (χ2v) is 3.58. The summed E-state index contributed by atoms with van der Waals surface area (Å²) in [6, 6.07) is 0.193. The van der Waals surface area contributed by atoms with Gasteiger partial charge in [-0.3, -0.25) is 9.78 Å². The molecule has 0 fully saturated rings. The first-order valence-corrected chi connectivity index (χ1v) is 4.78. The number of hydrogen-bond donors (Lipinski definition) is 2. The Bertz CT molecular complexity index is 539. The van der Waals surface area contributed by atoms with Crippen molar-refractivity contribution < 1.29 is 0 Å². The maximum Gasteiger partial charge on any atom is 0.278 e. The third-order valence-electron chi connectivity index (χ3n) is 2.23. The minimum absolute atomic E-state index is 0.171. The van der Waals surface area contributed by atoms with E-state index in [1.54, 1.807) is 17.9 Å². The average molecular weight is 207 g/mol. The molecule has 0 unspecified atom stereocenters. The highest BCUT2D eigenvalue weighted by atomic mass is 16.1. The van der Waals surface area contributed by atoms with E-state index in [0.29, 0.717) is 17.1 Å². The molecule has 2 rings (SSSR count). The molecule has 2 heterocycles. The van der Waals surface area contributed by atoms with Crippen molar-refractivity contribution in [3.05, 3.63) is 16.7 Å². The summed E-state index contributed by atoms with van der Waals surface area (Å²) in [4.78, 5) is 22.7. The number of imidazole rings is 1. The van der Waals surface area contributed by atoms with Crippen LogP contribution in [0.3, 0.4) is 0 Å². The van der Waals surface area contributed by atoms with E-state index in [1.807, 2.05) is 13.8 Å². The standard InChI is InChI=1S/C9H13N5O/c1-5(2)14-4-11-7-6(14)8(15)13-9(10-3)12-7/h4-5H,1-3H3,(H2,10,12,13,15). The van der Waals surface area contributed by atoms with Gasteiger partial charge in [-0.25, -0.2) is 4.98 Å². The fraction of sp³-hybridized carbons (Fsp3) is 0.444. The number of aromatic nitrogens is 4. The maximum absolute atomic E-state index is 11.7. The van der Waals surface area contributed by atoms with E-state index in [9.17, 15) is 4.79 Å². The summed E-state index contributed by atoms with van der Waals surface area (Å²) in [5.41, 5.74) is 0.816. The Morgan fingerprint density at radius 3 is 2.87 bits per heavy atom. The van der Waals surface area contributed by atoms with Crippen molar-refractivity contribution in [1.82, 2.24) is 19.5 Å². The van der Waals surface area contributed by atoms with Crippen molar-refractivity contribution in [2.45, 2.75) is 19.9 Å². The first kappa shape index (κ1) is 9.70. The molecule has 0 saturated carbocycles. The van der Waals surface area contributed by atoms with Crippen LogP contribution in [0.15, 0.2) is 11.1 Å². The van der Waals surface area contributed by atoms with E-state index in [1.165, 1.54) is 0 Å². The van der Waals surface area contributed by atoms with Gasteiger partial charge >= 0.3 is 0 Å². The molecule has 0 atom stereocenters. The first-order valence-electron chi connectivity index (χ1n) is 4.78. The molecule has 0 amide bonds. The van der Waals surface area contributed by atoms with Gasteiger partial charge in [0.1, 0.15) is 0 Å². The van der Waals surface area contributed by atoms with Gasteiger partial charge in [-0.15, -0.1) is 0 Å². The summed E-state index contributed by atoms with van der Waals surface area (Å²) in [6.45, 7) is 3.99. The Balaban J connectivity index is 2.77. The molecule has 0 bridgehead atoms. The highest BCUT2D eigenvalue weighted by Crippen LogP contribution is 2.12. The molecule has 0 aliphatic rings. The van der Waals surface area contributed by atoms with Gasteiger partial charge in [0.25, 0.3) is 5.56 Å². The Kier molecular flexibility index (Phi) is 2.18. The lowest BCUT2D eigenvalue weighted by Crippen LogP contribution is -2.15. The zero-order valence-corrected chi connectivity index (χ0v) is 8.90. The molecule has 0 spiro atoms. The number of hydrogen-bond acceptors (Lipinski definition) is 4. The van der Waals surface area contributed by atoms with Crippen LogP contribution in [-0.4, -0.2) is 26.6 Å². The molecule has 80 valence electrons. The van der Waals surface area contributed by atoms with Gasteiger partial charge in [-0.05, 0) is 13.8 Å². The van der Waals surface area contributed by atoms with E-state index >= 15 is 0 Å². The van der Waals surface area contributed by atoms with Crippen LogP contribution in [0.1, 0.15) is 19.9 Å². The summed E-state index contributed by atoms with van der Waals surface area (Å²) in [7, 11) is 1.70. The lowest BCUT2D eigenvalue weighted by atomic mass is 10.4. The Morgan fingerprint density at radius 2 is 2.27 bits per heavy atom. The van der Waals surface area contributed by atoms with Crippen LogP contribution in [0.25, 0.3) is 11.2 Å². The Labute approximate surface area is 86.4 Å². The average Bonchev–Trinajstić information content (AvgIpc) is 2.61. The molecule has 0 aliphatic carbocycles. The van der Waals surface area contributed by atoms with E-state index < -0.39 is 0 Å². The fourth-order valence-electron chi connectivity index (χ4n) is 1.46. The van der Waals surface area contributed by atoms with Crippen molar-refractivity contribution in [3.8, 4) is 0 Å². The number of fused-ring (bicyclic) bond motifs is 1. The van der Waals surface area contributed by atoms with Crippen LogP contribution in [0.2, 0.25) is 0 Å². The van der Waals surface area contributed by atoms with E-state index in [2.05, 4.69) is 20.3 Å². The van der Waals surface area contributed by atoms with E-state index in [4.69, 9.17) is 0 Å². The zero-order valence-electron chi connectivity index (χ0n) is 8.90. The summed E-state index contributed by atoms with van der Waals surface area (Å²) >= 11 is 0. The largest absolute Gasteiger partial charge is 0.359 e. The number of nitrogens with one attached hydrogen (secondary N) is 2. The van der Waals surface area contributed by atoms with Crippen molar-refractivity contribution in [3.63, 3.8) is 0 Å². The quantitative estimate of drug-likeness (QED) is 0.761. The molecule has 0 aliphatic heterocycles. The zero-order chi connectivity index (χ0) is 11.0. The first-order chi connectivity index (χ1) is 7.13. The molecule has 0 radical (unpaired) electrons. The molecule has 6 heteroatoms. The predicted molar refractivity (Wildman–Crippen MR) is 58.1 cm³/mol. The highest BCUT2D eigenvalue weighted by molar-refractivity contribution is 5.70. The van der Waals surface area contributed by atoms with Gasteiger partial charge in [0.05, 0.1) is 6.33 Å². The van der Waals surface area contributed by atoms with Crippen molar-refractivity contribution in [2.75, 3.05) is 12.4 Å². The Morgan fingerprint density at radius 1 is 1.53 bits per heavy atom. The smallest absolute Gasteiger partial charge is 0.278 e. The third kappa shape index (κ3) is 1.47. The number of H-pyrrole nitrogens is 1. The molecule has 2 aromatic rings. The fourth-order valence-corrected chi connectivity index (χ4v) is 1.46. The number of aromatic amines is 1. The molecular formula is C9H13N5O. The lowest BCUT2D eigenvalue weighted by Gasteiger charge is -2.06. The van der Waals surface area contributed by atoms with Crippen LogP contribution in [0.4, 0.5) is 5.95 Å². The topological polar surface area (TPSA) is 75.6 Å². The lowest BCUT2D eigenvalue weighted by molar-refractivity contribution is 0.615. The van der Waals surface area contributed by atoms with Gasteiger partial charge in [-0.2, -0.15) is 4.98 Å². The van der Waals surface area contributed by atoms with Crippen LogP contribution in [-0.2, 0) is 0 Å². The van der Waals surface area contributed by atoms with Crippen molar-refractivity contribution in [1.29, 1.82) is 0 Å². The number of anilines is 1. The van der Waals surface area contributed by atoms with E-state index in [0.717, 1.165) is 0 Å². The number of rotatable bonds is 2. The summed E-state index contributed by atoms with van der Waals surface area (Å²) in [5.74, 6) is 0.432.